The highest BCUT2D eigenvalue weighted by Gasteiger charge is 2.22. The second-order valence-electron chi connectivity index (χ2n) is 4.66. The number of rotatable bonds is 5. The van der Waals surface area contributed by atoms with Gasteiger partial charge in [-0.15, -0.1) is 0 Å². The van der Waals surface area contributed by atoms with Gasteiger partial charge in [-0.3, -0.25) is 4.98 Å². The van der Waals surface area contributed by atoms with E-state index < -0.39 is 16.0 Å². The van der Waals surface area contributed by atoms with Crippen molar-refractivity contribution in [3.8, 4) is 0 Å². The van der Waals surface area contributed by atoms with E-state index in [0.29, 0.717) is 5.56 Å². The molecule has 0 spiro atoms. The zero-order chi connectivity index (χ0) is 15.3. The Bertz CT molecular complexity index is 637. The zero-order valence-electron chi connectivity index (χ0n) is 11.2. The first-order valence-corrected chi connectivity index (χ1v) is 9.07. The lowest BCUT2D eigenvalue weighted by atomic mass is 10.2. The molecule has 0 radical (unpaired) electrons. The molecule has 8 heteroatoms. The predicted molar refractivity (Wildman–Crippen MR) is 81.6 cm³/mol. The van der Waals surface area contributed by atoms with Crippen molar-refractivity contribution in [1.29, 1.82) is 0 Å². The molecule has 1 aromatic rings. The minimum Gasteiger partial charge on any atom is -0.478 e. The molecular formula is C13H16N2O4S2. The van der Waals surface area contributed by atoms with Crippen LogP contribution in [0.4, 0.5) is 0 Å². The average Bonchev–Trinajstić information content (AvgIpc) is 2.46. The number of nitrogens with one attached hydrogen (secondary N) is 1. The van der Waals surface area contributed by atoms with Gasteiger partial charge in [-0.2, -0.15) is 11.8 Å². The molecule has 1 aliphatic heterocycles. The highest BCUT2D eigenvalue weighted by Crippen LogP contribution is 2.19. The minimum absolute atomic E-state index is 0.0469. The van der Waals surface area contributed by atoms with E-state index in [1.54, 1.807) is 11.8 Å². The van der Waals surface area contributed by atoms with E-state index in [1.807, 2.05) is 0 Å². The molecule has 2 heterocycles. The van der Waals surface area contributed by atoms with Gasteiger partial charge in [0.1, 0.15) is 4.90 Å². The van der Waals surface area contributed by atoms with Crippen molar-refractivity contribution in [3.63, 3.8) is 0 Å². The Morgan fingerprint density at radius 1 is 1.48 bits per heavy atom. The Hall–Kier alpha value is -1.38. The number of thioether (sulfide) groups is 1. The van der Waals surface area contributed by atoms with Crippen molar-refractivity contribution in [1.82, 2.24) is 9.71 Å². The van der Waals surface area contributed by atoms with Gasteiger partial charge in [-0.05, 0) is 36.3 Å². The van der Waals surface area contributed by atoms with Crippen molar-refractivity contribution in [2.75, 3.05) is 11.5 Å². The van der Waals surface area contributed by atoms with Gasteiger partial charge in [-0.1, -0.05) is 0 Å². The summed E-state index contributed by atoms with van der Waals surface area (Å²) in [5.74, 6) is 0.737. The van der Waals surface area contributed by atoms with Gasteiger partial charge >= 0.3 is 5.97 Å². The van der Waals surface area contributed by atoms with Crippen LogP contribution in [0.3, 0.4) is 0 Å². The highest BCUT2D eigenvalue weighted by atomic mass is 32.2. The van der Waals surface area contributed by atoms with Gasteiger partial charge in [0.05, 0.1) is 0 Å². The van der Waals surface area contributed by atoms with Gasteiger partial charge < -0.3 is 5.11 Å². The van der Waals surface area contributed by atoms with E-state index in [2.05, 4.69) is 9.71 Å². The maximum Gasteiger partial charge on any atom is 0.328 e. The summed E-state index contributed by atoms with van der Waals surface area (Å²) in [6, 6.07) is 1.34. The molecule has 0 saturated carbocycles. The monoisotopic (exact) mass is 328 g/mol. The topological polar surface area (TPSA) is 96.4 Å². The fourth-order valence-corrected chi connectivity index (χ4v) is 4.41. The van der Waals surface area contributed by atoms with Crippen LogP contribution in [0.25, 0.3) is 6.08 Å². The van der Waals surface area contributed by atoms with E-state index in [0.717, 1.165) is 30.4 Å². The second kappa shape index (κ2) is 7.06. The Morgan fingerprint density at radius 3 is 2.95 bits per heavy atom. The number of carboxylic acid groups (broad SMARTS) is 1. The van der Waals surface area contributed by atoms with Crippen molar-refractivity contribution < 1.29 is 18.3 Å². The van der Waals surface area contributed by atoms with E-state index >= 15 is 0 Å². The number of sulfonamides is 1. The van der Waals surface area contributed by atoms with Gasteiger partial charge in [0.2, 0.25) is 10.0 Å². The Kier molecular flexibility index (Phi) is 5.38. The van der Waals surface area contributed by atoms with Crippen LogP contribution >= 0.6 is 11.8 Å². The number of hydrogen-bond donors (Lipinski definition) is 2. The largest absolute Gasteiger partial charge is 0.478 e. The average molecular weight is 328 g/mol. The minimum atomic E-state index is -3.63. The SMILES string of the molecule is O=C(O)/C=C/c1cncc(S(=O)(=O)NC2CCCSC2)c1. The molecular weight excluding hydrogens is 312 g/mol. The molecule has 21 heavy (non-hydrogen) atoms. The van der Waals surface area contributed by atoms with Gasteiger partial charge in [0, 0.05) is 30.3 Å². The van der Waals surface area contributed by atoms with Gasteiger partial charge in [0.25, 0.3) is 0 Å². The van der Waals surface area contributed by atoms with Gasteiger partial charge in [-0.25, -0.2) is 17.9 Å². The standard InChI is InChI=1S/C13H16N2O4S2/c16-13(17)4-3-10-6-12(8-14-7-10)21(18,19)15-11-2-1-5-20-9-11/h3-4,6-8,11,15H,1-2,5,9H2,(H,16,17)/b4-3+. The summed E-state index contributed by atoms with van der Waals surface area (Å²) < 4.78 is 27.3. The summed E-state index contributed by atoms with van der Waals surface area (Å²) in [7, 11) is -3.63. The van der Waals surface area contributed by atoms with Crippen LogP contribution in [0.15, 0.2) is 29.4 Å². The fraction of sp³-hybridized carbons (Fsp3) is 0.385. The molecule has 2 N–H and O–H groups in total. The smallest absolute Gasteiger partial charge is 0.328 e. The van der Waals surface area contributed by atoms with Crippen LogP contribution in [0.1, 0.15) is 18.4 Å². The zero-order valence-corrected chi connectivity index (χ0v) is 12.9. The van der Waals surface area contributed by atoms with E-state index in [-0.39, 0.29) is 10.9 Å². The fourth-order valence-electron chi connectivity index (χ4n) is 1.96. The molecule has 1 atom stereocenters. The third-order valence-electron chi connectivity index (χ3n) is 2.95. The van der Waals surface area contributed by atoms with Gasteiger partial charge in [0.15, 0.2) is 0 Å². The summed E-state index contributed by atoms with van der Waals surface area (Å²) in [6.45, 7) is 0. The van der Waals surface area contributed by atoms with Crippen molar-refractivity contribution in [3.05, 3.63) is 30.1 Å². The summed E-state index contributed by atoms with van der Waals surface area (Å²) in [5.41, 5.74) is 0.429. The lowest BCUT2D eigenvalue weighted by molar-refractivity contribution is -0.131. The molecule has 1 saturated heterocycles. The van der Waals surface area contributed by atoms with Crippen LogP contribution in [0, 0.1) is 0 Å². The first kappa shape index (κ1) is 16.0. The third-order valence-corrected chi connectivity index (χ3v) is 5.65. The molecule has 1 aliphatic rings. The summed E-state index contributed by atoms with van der Waals surface area (Å²) >= 11 is 1.73. The molecule has 0 bridgehead atoms. The highest BCUT2D eigenvalue weighted by molar-refractivity contribution is 7.99. The number of carbonyl (C=O) groups is 1. The van der Waals surface area contributed by atoms with Crippen molar-refractivity contribution in [2.24, 2.45) is 0 Å². The number of aliphatic carboxylic acids is 1. The molecule has 1 aromatic heterocycles. The third kappa shape index (κ3) is 4.83. The Labute approximate surface area is 127 Å². The lowest BCUT2D eigenvalue weighted by Crippen LogP contribution is -2.38. The molecule has 0 aromatic carbocycles. The molecule has 0 aliphatic carbocycles. The molecule has 6 nitrogen and oxygen atoms in total. The molecule has 1 fully saturated rings. The number of pyridine rings is 1. The van der Waals surface area contributed by atoms with Crippen LogP contribution in [0.2, 0.25) is 0 Å². The Morgan fingerprint density at radius 2 is 2.29 bits per heavy atom. The first-order valence-electron chi connectivity index (χ1n) is 6.43. The molecule has 0 amide bonds. The normalized spacial score (nSPS) is 19.7. The van der Waals surface area contributed by atoms with Crippen LogP contribution in [0.5, 0.6) is 0 Å². The van der Waals surface area contributed by atoms with Crippen molar-refractivity contribution >= 4 is 33.8 Å². The lowest BCUT2D eigenvalue weighted by Gasteiger charge is -2.22. The maximum absolute atomic E-state index is 12.3. The number of nitrogens with zero attached hydrogens (tertiary/aromatic N) is 1. The van der Waals surface area contributed by atoms with Crippen molar-refractivity contribution in [2.45, 2.75) is 23.8 Å². The van der Waals surface area contributed by atoms with E-state index in [4.69, 9.17) is 5.11 Å². The summed E-state index contributed by atoms with van der Waals surface area (Å²) in [5, 5.41) is 8.58. The number of aromatic nitrogens is 1. The Balaban J connectivity index is 2.15. The van der Waals surface area contributed by atoms with E-state index in [1.165, 1.54) is 24.5 Å². The summed E-state index contributed by atoms with van der Waals surface area (Å²) in [4.78, 5) is 14.4. The van der Waals surface area contributed by atoms with Crippen LogP contribution < -0.4 is 4.72 Å². The predicted octanol–water partition coefficient (Wildman–Crippen LogP) is 1.35. The summed E-state index contributed by atoms with van der Waals surface area (Å²) in [6.07, 6.45) is 6.75. The molecule has 2 rings (SSSR count). The quantitative estimate of drug-likeness (QED) is 0.792. The first-order chi connectivity index (χ1) is 9.97. The maximum atomic E-state index is 12.3. The van der Waals surface area contributed by atoms with E-state index in [9.17, 15) is 13.2 Å². The molecule has 1 unspecified atom stereocenters. The number of hydrogen-bond acceptors (Lipinski definition) is 5. The molecule has 114 valence electrons. The number of carboxylic acids is 1. The van der Waals surface area contributed by atoms with Crippen LogP contribution in [-0.4, -0.2) is 42.0 Å². The van der Waals surface area contributed by atoms with Crippen LogP contribution in [-0.2, 0) is 14.8 Å². The second-order valence-corrected chi connectivity index (χ2v) is 7.52.